The molecule has 0 aliphatic carbocycles. The first-order valence-electron chi connectivity index (χ1n) is 4.94. The minimum Gasteiger partial charge on any atom is -0.321 e. The third-order valence-electron chi connectivity index (χ3n) is 2.28. The van der Waals surface area contributed by atoms with Gasteiger partial charge in [0, 0.05) is 13.2 Å². The molecule has 1 aromatic heterocycles. The van der Waals surface area contributed by atoms with Gasteiger partial charge in [-0.1, -0.05) is 19.8 Å². The van der Waals surface area contributed by atoms with E-state index in [9.17, 15) is 4.79 Å². The molecule has 0 aliphatic rings. The fourth-order valence-corrected chi connectivity index (χ4v) is 1.36. The van der Waals surface area contributed by atoms with Crippen LogP contribution >= 0.6 is 0 Å². The molecule has 78 valence electrons. The smallest absolute Gasteiger partial charge is 0.197 e. The van der Waals surface area contributed by atoms with Gasteiger partial charge in [0.25, 0.3) is 0 Å². The van der Waals surface area contributed by atoms with E-state index in [-0.39, 0.29) is 11.8 Å². The predicted octanol–water partition coefficient (Wildman–Crippen LogP) is 1.12. The lowest BCUT2D eigenvalue weighted by Gasteiger charge is -2.09. The predicted molar refractivity (Wildman–Crippen MR) is 55.0 cm³/mol. The van der Waals surface area contributed by atoms with Gasteiger partial charge in [-0.05, 0) is 12.5 Å². The molecule has 1 aromatic rings. The van der Waals surface area contributed by atoms with E-state index in [1.807, 2.05) is 0 Å². The van der Waals surface area contributed by atoms with Crippen molar-refractivity contribution in [2.24, 2.45) is 12.8 Å². The number of ketones is 1. The van der Waals surface area contributed by atoms with Crippen molar-refractivity contribution in [2.45, 2.75) is 32.2 Å². The summed E-state index contributed by atoms with van der Waals surface area (Å²) in [6.45, 7) is 2.08. The summed E-state index contributed by atoms with van der Waals surface area (Å²) < 4.78 is 1.56. The van der Waals surface area contributed by atoms with E-state index < -0.39 is 0 Å². The number of aryl methyl sites for hydroxylation is 1. The SMILES string of the molecule is CCCCC(N)C(=O)c1ccnn1C. The maximum absolute atomic E-state index is 11.7. The second-order valence-corrected chi connectivity index (χ2v) is 3.45. The lowest BCUT2D eigenvalue weighted by molar-refractivity contribution is 0.0947. The summed E-state index contributed by atoms with van der Waals surface area (Å²) in [5, 5.41) is 3.94. The normalized spacial score (nSPS) is 12.8. The average Bonchev–Trinajstić information content (AvgIpc) is 2.59. The Labute approximate surface area is 84.1 Å². The van der Waals surface area contributed by atoms with Crippen molar-refractivity contribution in [1.29, 1.82) is 0 Å². The molecule has 0 spiro atoms. The molecule has 0 radical (unpaired) electrons. The Bertz CT molecular complexity index is 306. The minimum atomic E-state index is -0.384. The van der Waals surface area contributed by atoms with E-state index in [1.165, 1.54) is 0 Å². The fourth-order valence-electron chi connectivity index (χ4n) is 1.36. The molecule has 0 fully saturated rings. The van der Waals surface area contributed by atoms with E-state index in [0.29, 0.717) is 5.69 Å². The standard InChI is InChI=1S/C10H17N3O/c1-3-4-5-8(11)10(14)9-6-7-12-13(9)2/h6-8H,3-5,11H2,1-2H3. The quantitative estimate of drug-likeness (QED) is 0.716. The first-order chi connectivity index (χ1) is 6.66. The van der Waals surface area contributed by atoms with Gasteiger partial charge >= 0.3 is 0 Å². The molecule has 14 heavy (non-hydrogen) atoms. The van der Waals surface area contributed by atoms with Crippen molar-refractivity contribution in [3.63, 3.8) is 0 Å². The van der Waals surface area contributed by atoms with Crippen molar-refractivity contribution in [2.75, 3.05) is 0 Å². The number of hydrogen-bond acceptors (Lipinski definition) is 3. The lowest BCUT2D eigenvalue weighted by Crippen LogP contribution is -2.31. The molecule has 0 saturated carbocycles. The monoisotopic (exact) mass is 195 g/mol. The van der Waals surface area contributed by atoms with Crippen molar-refractivity contribution in [3.05, 3.63) is 18.0 Å². The first-order valence-corrected chi connectivity index (χ1v) is 4.94. The van der Waals surface area contributed by atoms with E-state index in [0.717, 1.165) is 19.3 Å². The van der Waals surface area contributed by atoms with Gasteiger partial charge in [0.05, 0.1) is 6.04 Å². The van der Waals surface area contributed by atoms with Crippen molar-refractivity contribution in [3.8, 4) is 0 Å². The van der Waals surface area contributed by atoms with Gasteiger partial charge in [-0.2, -0.15) is 5.10 Å². The summed E-state index contributed by atoms with van der Waals surface area (Å²) in [6, 6.07) is 1.32. The van der Waals surface area contributed by atoms with Crippen LogP contribution in [-0.2, 0) is 7.05 Å². The van der Waals surface area contributed by atoms with Crippen molar-refractivity contribution in [1.82, 2.24) is 9.78 Å². The number of aromatic nitrogens is 2. The molecular formula is C10H17N3O. The summed E-state index contributed by atoms with van der Waals surface area (Å²) in [5.41, 5.74) is 6.36. The van der Waals surface area contributed by atoms with Crippen molar-refractivity contribution >= 4 is 5.78 Å². The minimum absolute atomic E-state index is 0.0153. The highest BCUT2D eigenvalue weighted by atomic mass is 16.1. The molecule has 0 aliphatic heterocycles. The zero-order chi connectivity index (χ0) is 10.6. The summed E-state index contributed by atoms with van der Waals surface area (Å²) in [6.07, 6.45) is 4.41. The summed E-state index contributed by atoms with van der Waals surface area (Å²) in [5.74, 6) is -0.0153. The molecule has 0 amide bonds. The van der Waals surface area contributed by atoms with Gasteiger partial charge in [-0.25, -0.2) is 0 Å². The van der Waals surface area contributed by atoms with Crippen LogP contribution in [0.1, 0.15) is 36.7 Å². The number of unbranched alkanes of at least 4 members (excludes halogenated alkanes) is 1. The Morgan fingerprint density at radius 1 is 1.71 bits per heavy atom. The molecule has 0 saturated heterocycles. The van der Waals surface area contributed by atoms with Gasteiger partial charge in [0.1, 0.15) is 5.69 Å². The third kappa shape index (κ3) is 2.42. The van der Waals surface area contributed by atoms with Crippen LogP contribution in [0, 0.1) is 0 Å². The fraction of sp³-hybridized carbons (Fsp3) is 0.600. The molecular weight excluding hydrogens is 178 g/mol. The number of hydrogen-bond donors (Lipinski definition) is 1. The Morgan fingerprint density at radius 2 is 2.43 bits per heavy atom. The second kappa shape index (κ2) is 4.91. The molecule has 1 heterocycles. The Balaban J connectivity index is 2.61. The molecule has 4 nitrogen and oxygen atoms in total. The van der Waals surface area contributed by atoms with Gasteiger partial charge in [0.15, 0.2) is 5.78 Å². The lowest BCUT2D eigenvalue weighted by atomic mass is 10.0. The molecule has 1 atom stereocenters. The maximum Gasteiger partial charge on any atom is 0.197 e. The molecule has 4 heteroatoms. The topological polar surface area (TPSA) is 60.9 Å². The van der Waals surface area contributed by atoms with E-state index in [2.05, 4.69) is 12.0 Å². The highest BCUT2D eigenvalue weighted by Gasteiger charge is 2.17. The first kappa shape index (κ1) is 10.9. The maximum atomic E-state index is 11.7. The van der Waals surface area contributed by atoms with Gasteiger partial charge < -0.3 is 5.73 Å². The molecule has 1 unspecified atom stereocenters. The molecule has 0 bridgehead atoms. The summed E-state index contributed by atoms with van der Waals surface area (Å²) in [7, 11) is 1.75. The van der Waals surface area contributed by atoms with Gasteiger partial charge in [0.2, 0.25) is 0 Å². The van der Waals surface area contributed by atoms with Crippen LogP contribution in [0.25, 0.3) is 0 Å². The zero-order valence-corrected chi connectivity index (χ0v) is 8.73. The highest BCUT2D eigenvalue weighted by Crippen LogP contribution is 2.06. The van der Waals surface area contributed by atoms with E-state index >= 15 is 0 Å². The number of nitrogens with zero attached hydrogens (tertiary/aromatic N) is 2. The summed E-state index contributed by atoms with van der Waals surface area (Å²) in [4.78, 5) is 11.7. The highest BCUT2D eigenvalue weighted by molar-refractivity contribution is 5.98. The van der Waals surface area contributed by atoms with Crippen LogP contribution in [0.2, 0.25) is 0 Å². The van der Waals surface area contributed by atoms with Gasteiger partial charge in [-0.3, -0.25) is 9.48 Å². The van der Waals surface area contributed by atoms with E-state index in [1.54, 1.807) is 24.0 Å². The van der Waals surface area contributed by atoms with Crippen LogP contribution in [0.4, 0.5) is 0 Å². The Morgan fingerprint density at radius 3 is 2.93 bits per heavy atom. The van der Waals surface area contributed by atoms with Gasteiger partial charge in [-0.15, -0.1) is 0 Å². The van der Waals surface area contributed by atoms with Crippen LogP contribution in [-0.4, -0.2) is 21.6 Å². The zero-order valence-electron chi connectivity index (χ0n) is 8.73. The van der Waals surface area contributed by atoms with Crippen LogP contribution < -0.4 is 5.73 Å². The Kier molecular flexibility index (Phi) is 3.83. The summed E-state index contributed by atoms with van der Waals surface area (Å²) >= 11 is 0. The second-order valence-electron chi connectivity index (χ2n) is 3.45. The van der Waals surface area contributed by atoms with Crippen molar-refractivity contribution < 1.29 is 4.79 Å². The number of carbonyl (C=O) groups excluding carboxylic acids is 1. The van der Waals surface area contributed by atoms with Crippen LogP contribution in [0.5, 0.6) is 0 Å². The molecule has 0 aromatic carbocycles. The Hall–Kier alpha value is -1.16. The third-order valence-corrected chi connectivity index (χ3v) is 2.28. The number of rotatable bonds is 5. The van der Waals surface area contributed by atoms with Crippen LogP contribution in [0.3, 0.4) is 0 Å². The molecule has 1 rings (SSSR count). The average molecular weight is 195 g/mol. The largest absolute Gasteiger partial charge is 0.321 e. The van der Waals surface area contributed by atoms with E-state index in [4.69, 9.17) is 5.73 Å². The number of Topliss-reactive ketones (excluding diaryl/α,β-unsaturated/α-hetero) is 1. The number of carbonyl (C=O) groups is 1. The van der Waals surface area contributed by atoms with Crippen LogP contribution in [0.15, 0.2) is 12.3 Å². The molecule has 2 N–H and O–H groups in total. The number of nitrogens with two attached hydrogens (primary N) is 1.